The second-order valence-electron chi connectivity index (χ2n) is 2.71. The molecule has 0 saturated heterocycles. The molecule has 1 aliphatic rings. The van der Waals surface area contributed by atoms with Crippen molar-refractivity contribution in [2.45, 2.75) is 19.9 Å². The number of fused-ring (bicyclic) bond motifs is 1. The lowest BCUT2D eigenvalue weighted by molar-refractivity contribution is 0.337. The van der Waals surface area contributed by atoms with Gasteiger partial charge in [0.25, 0.3) is 5.19 Å². The van der Waals surface area contributed by atoms with Crippen LogP contribution in [-0.2, 0) is 13.0 Å². The van der Waals surface area contributed by atoms with Crippen molar-refractivity contribution in [2.75, 3.05) is 13.2 Å². The molecule has 0 fully saturated rings. The van der Waals surface area contributed by atoms with Gasteiger partial charge in [-0.1, -0.05) is 11.3 Å². The maximum absolute atomic E-state index is 5.34. The summed E-state index contributed by atoms with van der Waals surface area (Å²) in [6, 6.07) is 0. The number of ether oxygens (including phenoxy) is 1. The smallest absolute Gasteiger partial charge is 0.273 e. The molecule has 0 amide bonds. The summed E-state index contributed by atoms with van der Waals surface area (Å²) >= 11 is 1.66. The van der Waals surface area contributed by atoms with E-state index in [-0.39, 0.29) is 0 Å². The van der Waals surface area contributed by atoms with Crippen LogP contribution in [-0.4, -0.2) is 18.1 Å². The van der Waals surface area contributed by atoms with Crippen molar-refractivity contribution in [2.24, 2.45) is 0 Å². The molecule has 0 bridgehead atoms. The topological polar surface area (TPSA) is 34.1 Å². The van der Waals surface area contributed by atoms with Gasteiger partial charge in [0.05, 0.1) is 12.3 Å². The third-order valence-electron chi connectivity index (χ3n) is 1.85. The molecule has 2 heterocycles. The molecular weight excluding hydrogens is 172 g/mol. The Kier molecular flexibility index (Phi) is 2.28. The van der Waals surface area contributed by atoms with Crippen LogP contribution in [0, 0.1) is 0 Å². The fourth-order valence-corrected chi connectivity index (χ4v) is 2.27. The third-order valence-corrected chi connectivity index (χ3v) is 2.86. The van der Waals surface area contributed by atoms with Crippen LogP contribution in [0.2, 0.25) is 0 Å². The van der Waals surface area contributed by atoms with Crippen LogP contribution in [0.4, 0.5) is 0 Å². The second kappa shape index (κ2) is 3.41. The minimum absolute atomic E-state index is 0.708. The molecule has 3 nitrogen and oxygen atoms in total. The molecule has 0 radical (unpaired) electrons. The van der Waals surface area contributed by atoms with E-state index >= 15 is 0 Å². The molecule has 0 unspecified atom stereocenters. The van der Waals surface area contributed by atoms with E-state index in [9.17, 15) is 0 Å². The SMILES string of the molecule is CCOc1nc2c(s1)CNCC2. The lowest BCUT2D eigenvalue weighted by atomic mass is 10.2. The van der Waals surface area contributed by atoms with Crippen molar-refractivity contribution in [1.29, 1.82) is 0 Å². The lowest BCUT2D eigenvalue weighted by Gasteiger charge is -2.09. The first-order chi connectivity index (χ1) is 5.90. The van der Waals surface area contributed by atoms with Gasteiger partial charge < -0.3 is 10.1 Å². The Bertz CT molecular complexity index is 249. The number of aromatic nitrogens is 1. The van der Waals surface area contributed by atoms with Gasteiger partial charge in [-0.25, -0.2) is 4.98 Å². The van der Waals surface area contributed by atoms with Gasteiger partial charge in [-0.2, -0.15) is 0 Å². The fourth-order valence-electron chi connectivity index (χ4n) is 1.29. The summed E-state index contributed by atoms with van der Waals surface area (Å²) in [4.78, 5) is 5.73. The van der Waals surface area contributed by atoms with Crippen molar-refractivity contribution in [3.8, 4) is 5.19 Å². The van der Waals surface area contributed by atoms with Crippen LogP contribution in [0.15, 0.2) is 0 Å². The van der Waals surface area contributed by atoms with Gasteiger partial charge in [-0.15, -0.1) is 0 Å². The molecule has 0 aliphatic carbocycles. The first kappa shape index (κ1) is 8.01. The molecule has 0 saturated carbocycles. The van der Waals surface area contributed by atoms with E-state index in [0.717, 1.165) is 24.7 Å². The van der Waals surface area contributed by atoms with Gasteiger partial charge in [0.1, 0.15) is 0 Å². The average molecular weight is 184 g/mol. The molecule has 1 aliphatic heterocycles. The number of hydrogen-bond donors (Lipinski definition) is 1. The standard InChI is InChI=1S/C8H12N2OS/c1-2-11-8-10-6-3-4-9-5-7(6)12-8/h9H,2-5H2,1H3. The molecule has 4 heteroatoms. The van der Waals surface area contributed by atoms with Crippen molar-refractivity contribution in [3.05, 3.63) is 10.6 Å². The molecule has 2 rings (SSSR count). The Balaban J connectivity index is 2.20. The number of nitrogens with zero attached hydrogens (tertiary/aromatic N) is 1. The van der Waals surface area contributed by atoms with Gasteiger partial charge >= 0.3 is 0 Å². The van der Waals surface area contributed by atoms with E-state index in [4.69, 9.17) is 4.74 Å². The first-order valence-electron chi connectivity index (χ1n) is 4.22. The Morgan fingerprint density at radius 2 is 2.58 bits per heavy atom. The largest absolute Gasteiger partial charge is 0.470 e. The summed E-state index contributed by atoms with van der Waals surface area (Å²) in [5.41, 5.74) is 1.22. The molecule has 0 aromatic carbocycles. The Morgan fingerprint density at radius 1 is 1.67 bits per heavy atom. The van der Waals surface area contributed by atoms with Gasteiger partial charge in [-0.3, -0.25) is 0 Å². The normalized spacial score (nSPS) is 15.8. The number of nitrogens with one attached hydrogen (secondary N) is 1. The summed E-state index contributed by atoms with van der Waals surface area (Å²) in [6.45, 7) is 4.70. The predicted octanol–water partition coefficient (Wildman–Crippen LogP) is 1.19. The predicted molar refractivity (Wildman–Crippen MR) is 48.7 cm³/mol. The molecule has 0 spiro atoms. The highest BCUT2D eigenvalue weighted by Gasteiger charge is 2.14. The van der Waals surface area contributed by atoms with Crippen LogP contribution in [0.5, 0.6) is 5.19 Å². The van der Waals surface area contributed by atoms with E-state index in [2.05, 4.69) is 10.3 Å². The molecule has 1 N–H and O–H groups in total. The summed E-state index contributed by atoms with van der Waals surface area (Å²) in [5.74, 6) is 0. The summed E-state index contributed by atoms with van der Waals surface area (Å²) in [6.07, 6.45) is 1.04. The number of rotatable bonds is 2. The minimum Gasteiger partial charge on any atom is -0.470 e. The van der Waals surface area contributed by atoms with Crippen LogP contribution in [0.25, 0.3) is 0 Å². The molecule has 0 atom stereocenters. The minimum atomic E-state index is 0.708. The van der Waals surface area contributed by atoms with Crippen LogP contribution in [0.3, 0.4) is 0 Å². The van der Waals surface area contributed by atoms with Crippen LogP contribution < -0.4 is 10.1 Å². The highest BCUT2D eigenvalue weighted by Crippen LogP contribution is 2.26. The van der Waals surface area contributed by atoms with Gasteiger partial charge in [0, 0.05) is 24.4 Å². The summed E-state index contributed by atoms with van der Waals surface area (Å²) in [7, 11) is 0. The molecule has 1 aromatic heterocycles. The first-order valence-corrected chi connectivity index (χ1v) is 5.04. The van der Waals surface area contributed by atoms with Crippen molar-refractivity contribution in [1.82, 2.24) is 10.3 Å². The van der Waals surface area contributed by atoms with Gasteiger partial charge in [0.2, 0.25) is 0 Å². The number of hydrogen-bond acceptors (Lipinski definition) is 4. The quantitative estimate of drug-likeness (QED) is 0.749. The van der Waals surface area contributed by atoms with E-state index < -0.39 is 0 Å². The Labute approximate surface area is 75.8 Å². The summed E-state index contributed by atoms with van der Waals surface area (Å²) < 4.78 is 5.34. The monoisotopic (exact) mass is 184 g/mol. The molecule has 1 aromatic rings. The second-order valence-corrected chi connectivity index (χ2v) is 3.76. The zero-order valence-electron chi connectivity index (χ0n) is 7.09. The molecular formula is C8H12N2OS. The van der Waals surface area contributed by atoms with Crippen molar-refractivity contribution < 1.29 is 4.74 Å². The Morgan fingerprint density at radius 3 is 3.33 bits per heavy atom. The summed E-state index contributed by atoms with van der Waals surface area (Å²) in [5, 5.41) is 4.14. The highest BCUT2D eigenvalue weighted by atomic mass is 32.1. The Hall–Kier alpha value is -0.610. The highest BCUT2D eigenvalue weighted by molar-refractivity contribution is 7.13. The van der Waals surface area contributed by atoms with Crippen LogP contribution >= 0.6 is 11.3 Å². The van der Waals surface area contributed by atoms with E-state index in [1.165, 1.54) is 10.6 Å². The zero-order valence-corrected chi connectivity index (χ0v) is 7.91. The molecule has 66 valence electrons. The maximum atomic E-state index is 5.34. The number of thiazole rings is 1. The van der Waals surface area contributed by atoms with E-state index in [1.54, 1.807) is 11.3 Å². The fraction of sp³-hybridized carbons (Fsp3) is 0.625. The molecule has 12 heavy (non-hydrogen) atoms. The maximum Gasteiger partial charge on any atom is 0.273 e. The van der Waals surface area contributed by atoms with Gasteiger partial charge in [0.15, 0.2) is 0 Å². The van der Waals surface area contributed by atoms with Gasteiger partial charge in [-0.05, 0) is 6.92 Å². The van der Waals surface area contributed by atoms with Crippen LogP contribution in [0.1, 0.15) is 17.5 Å². The van der Waals surface area contributed by atoms with Crippen molar-refractivity contribution in [3.63, 3.8) is 0 Å². The van der Waals surface area contributed by atoms with Crippen molar-refractivity contribution >= 4 is 11.3 Å². The zero-order chi connectivity index (χ0) is 8.39. The lowest BCUT2D eigenvalue weighted by Crippen LogP contribution is -2.22. The van der Waals surface area contributed by atoms with E-state index in [0.29, 0.717) is 6.61 Å². The van der Waals surface area contributed by atoms with E-state index in [1.807, 2.05) is 6.92 Å². The third kappa shape index (κ3) is 1.44. The average Bonchev–Trinajstić information content (AvgIpc) is 2.47.